The Kier molecular flexibility index (Phi) is 2.70. The Morgan fingerprint density at radius 1 is 1.57 bits per heavy atom. The molecule has 0 radical (unpaired) electrons. The molecule has 0 bridgehead atoms. The monoisotopic (exact) mass is 317 g/mol. The van der Waals surface area contributed by atoms with Gasteiger partial charge in [0.15, 0.2) is 0 Å². The van der Waals surface area contributed by atoms with Crippen LogP contribution < -0.4 is 0 Å². The van der Waals surface area contributed by atoms with Gasteiger partial charge in [0.05, 0.1) is 17.2 Å². The first-order valence-corrected chi connectivity index (χ1v) is 5.91. The second-order valence-corrected chi connectivity index (χ2v) is 4.91. The van der Waals surface area contributed by atoms with Crippen molar-refractivity contribution >= 4 is 44.0 Å². The summed E-state index contributed by atoms with van der Waals surface area (Å²) in [5.74, 6) is -0.247. The molecule has 1 aromatic heterocycles. The van der Waals surface area contributed by atoms with Crippen molar-refractivity contribution in [3.8, 4) is 6.07 Å². The molecular weight excluding hydrogens is 312 g/mol. The van der Waals surface area contributed by atoms with E-state index in [0.717, 1.165) is 8.27 Å². The molecule has 0 aliphatic carbocycles. The van der Waals surface area contributed by atoms with E-state index in [1.807, 2.05) is 11.4 Å². The van der Waals surface area contributed by atoms with Gasteiger partial charge in [-0.25, -0.2) is 4.39 Å². The smallest absolute Gasteiger partial charge is 0.136 e. The maximum Gasteiger partial charge on any atom is 0.136 e. The van der Waals surface area contributed by atoms with Gasteiger partial charge in [0.1, 0.15) is 5.82 Å². The third kappa shape index (κ3) is 1.51. The molecule has 70 valence electrons. The van der Waals surface area contributed by atoms with Crippen molar-refractivity contribution in [1.82, 2.24) is 0 Å². The number of nitriles is 1. The fraction of sp³-hybridized carbons (Fsp3) is 0.100. The van der Waals surface area contributed by atoms with Crippen molar-refractivity contribution in [3.63, 3.8) is 0 Å². The van der Waals surface area contributed by atoms with E-state index in [9.17, 15) is 4.39 Å². The summed E-state index contributed by atoms with van der Waals surface area (Å²) in [6.45, 7) is 0. The summed E-state index contributed by atoms with van der Waals surface area (Å²) in [7, 11) is 0. The van der Waals surface area contributed by atoms with Gasteiger partial charge in [-0.15, -0.1) is 11.3 Å². The van der Waals surface area contributed by atoms with E-state index < -0.39 is 0 Å². The van der Waals surface area contributed by atoms with Crippen molar-refractivity contribution in [2.75, 3.05) is 0 Å². The molecule has 1 aromatic carbocycles. The number of thiophene rings is 1. The Hall–Kier alpha value is -0.670. The van der Waals surface area contributed by atoms with Crippen LogP contribution in [-0.4, -0.2) is 0 Å². The van der Waals surface area contributed by atoms with Gasteiger partial charge in [0.25, 0.3) is 0 Å². The van der Waals surface area contributed by atoms with Crippen LogP contribution in [0.3, 0.4) is 0 Å². The van der Waals surface area contributed by atoms with Crippen LogP contribution in [0.25, 0.3) is 10.1 Å². The van der Waals surface area contributed by atoms with Gasteiger partial charge in [0, 0.05) is 14.5 Å². The van der Waals surface area contributed by atoms with Crippen LogP contribution in [0.15, 0.2) is 17.5 Å². The maximum atomic E-state index is 13.7. The molecule has 1 heterocycles. The Morgan fingerprint density at radius 3 is 3.07 bits per heavy atom. The lowest BCUT2D eigenvalue weighted by molar-refractivity contribution is 0.627. The summed E-state index contributed by atoms with van der Waals surface area (Å²) < 4.78 is 15.7. The van der Waals surface area contributed by atoms with Gasteiger partial charge in [-0.1, -0.05) is 0 Å². The molecule has 2 rings (SSSR count). The average Bonchev–Trinajstić information content (AvgIpc) is 2.63. The zero-order valence-electron chi connectivity index (χ0n) is 7.05. The first-order valence-electron chi connectivity index (χ1n) is 3.95. The number of halogens is 2. The van der Waals surface area contributed by atoms with Gasteiger partial charge >= 0.3 is 0 Å². The van der Waals surface area contributed by atoms with Crippen LogP contribution in [0.1, 0.15) is 5.56 Å². The number of rotatable bonds is 1. The average molecular weight is 317 g/mol. The molecule has 0 amide bonds. The molecule has 0 saturated carbocycles. The lowest BCUT2D eigenvalue weighted by Gasteiger charge is -2.01. The molecular formula is C10H5FINS. The normalized spacial score (nSPS) is 10.4. The Bertz CT molecular complexity index is 527. The van der Waals surface area contributed by atoms with Crippen molar-refractivity contribution in [2.45, 2.75) is 6.42 Å². The summed E-state index contributed by atoms with van der Waals surface area (Å²) in [6.07, 6.45) is 0.133. The zero-order valence-corrected chi connectivity index (χ0v) is 10.0. The van der Waals surface area contributed by atoms with Crippen LogP contribution in [0.5, 0.6) is 0 Å². The third-order valence-electron chi connectivity index (χ3n) is 1.97. The number of benzene rings is 1. The summed E-state index contributed by atoms with van der Waals surface area (Å²) in [6, 6.07) is 5.48. The number of hydrogen-bond donors (Lipinski definition) is 0. The maximum absolute atomic E-state index is 13.7. The van der Waals surface area contributed by atoms with E-state index in [0.29, 0.717) is 10.9 Å². The number of fused-ring (bicyclic) bond motifs is 1. The predicted molar refractivity (Wildman–Crippen MR) is 63.8 cm³/mol. The van der Waals surface area contributed by atoms with Crippen molar-refractivity contribution in [2.24, 2.45) is 0 Å². The zero-order chi connectivity index (χ0) is 10.1. The summed E-state index contributed by atoms with van der Waals surface area (Å²) in [5.41, 5.74) is 0.489. The van der Waals surface area contributed by atoms with E-state index in [1.54, 1.807) is 12.1 Å². The standard InChI is InChI=1S/C10H5FINS/c11-9-6(1-3-13)5-8(12)10-7(9)2-4-14-10/h2,4-5H,1H2. The topological polar surface area (TPSA) is 23.8 Å². The van der Waals surface area contributed by atoms with Gasteiger partial charge in [-0.2, -0.15) is 5.26 Å². The Morgan fingerprint density at radius 2 is 2.36 bits per heavy atom. The summed E-state index contributed by atoms with van der Waals surface area (Å²) in [4.78, 5) is 0. The molecule has 0 aliphatic heterocycles. The van der Waals surface area contributed by atoms with E-state index in [2.05, 4.69) is 22.6 Å². The highest BCUT2D eigenvalue weighted by molar-refractivity contribution is 14.1. The highest BCUT2D eigenvalue weighted by Gasteiger charge is 2.11. The molecule has 0 N–H and O–H groups in total. The largest absolute Gasteiger partial charge is 0.206 e. The molecule has 2 aromatic rings. The van der Waals surface area contributed by atoms with Gasteiger partial charge in [0.2, 0.25) is 0 Å². The van der Waals surface area contributed by atoms with Crippen LogP contribution in [0, 0.1) is 20.7 Å². The molecule has 0 spiro atoms. The molecule has 0 aliphatic rings. The van der Waals surface area contributed by atoms with Crippen LogP contribution >= 0.6 is 33.9 Å². The van der Waals surface area contributed by atoms with Crippen LogP contribution in [0.4, 0.5) is 4.39 Å². The summed E-state index contributed by atoms with van der Waals surface area (Å²) in [5, 5.41) is 11.0. The van der Waals surface area contributed by atoms with Gasteiger partial charge in [-0.05, 0) is 40.1 Å². The van der Waals surface area contributed by atoms with Crippen molar-refractivity contribution < 1.29 is 4.39 Å². The second kappa shape index (κ2) is 3.83. The van der Waals surface area contributed by atoms with Gasteiger partial charge < -0.3 is 0 Å². The summed E-state index contributed by atoms with van der Waals surface area (Å²) >= 11 is 3.70. The van der Waals surface area contributed by atoms with E-state index >= 15 is 0 Å². The van der Waals surface area contributed by atoms with Crippen LogP contribution in [-0.2, 0) is 6.42 Å². The van der Waals surface area contributed by atoms with E-state index in [4.69, 9.17) is 5.26 Å². The molecule has 1 nitrogen and oxygen atoms in total. The van der Waals surface area contributed by atoms with Crippen molar-refractivity contribution in [1.29, 1.82) is 5.26 Å². The number of nitrogens with zero attached hydrogens (tertiary/aromatic N) is 1. The Balaban J connectivity index is 2.76. The molecule has 0 fully saturated rings. The van der Waals surface area contributed by atoms with E-state index in [1.165, 1.54) is 11.3 Å². The minimum absolute atomic E-state index is 0.133. The van der Waals surface area contributed by atoms with E-state index in [-0.39, 0.29) is 12.2 Å². The minimum atomic E-state index is -0.247. The molecule has 0 saturated heterocycles. The third-order valence-corrected chi connectivity index (χ3v) is 4.14. The highest BCUT2D eigenvalue weighted by Crippen LogP contribution is 2.30. The molecule has 4 heteroatoms. The second-order valence-electron chi connectivity index (χ2n) is 2.83. The minimum Gasteiger partial charge on any atom is -0.206 e. The quantitative estimate of drug-likeness (QED) is 0.736. The van der Waals surface area contributed by atoms with Gasteiger partial charge in [-0.3, -0.25) is 0 Å². The number of hydrogen-bond acceptors (Lipinski definition) is 2. The first-order chi connectivity index (χ1) is 6.74. The lowest BCUT2D eigenvalue weighted by atomic mass is 10.1. The highest BCUT2D eigenvalue weighted by atomic mass is 127. The molecule has 14 heavy (non-hydrogen) atoms. The molecule has 0 atom stereocenters. The Labute approximate surface area is 98.3 Å². The first kappa shape index (κ1) is 9.87. The lowest BCUT2D eigenvalue weighted by Crippen LogP contribution is -1.90. The fourth-order valence-corrected chi connectivity index (χ4v) is 3.18. The fourth-order valence-electron chi connectivity index (χ4n) is 1.34. The SMILES string of the molecule is N#CCc1cc(I)c2sccc2c1F. The predicted octanol–water partition coefficient (Wildman–Crippen LogP) is 3.71. The molecule has 0 unspecified atom stereocenters. The van der Waals surface area contributed by atoms with Crippen LogP contribution in [0.2, 0.25) is 0 Å². The van der Waals surface area contributed by atoms with Crippen molar-refractivity contribution in [3.05, 3.63) is 32.5 Å².